The Morgan fingerprint density at radius 2 is 1.96 bits per heavy atom. The van der Waals surface area contributed by atoms with Crippen molar-refractivity contribution < 1.29 is 9.53 Å². The largest absolute Gasteiger partial charge is 0.378 e. The van der Waals surface area contributed by atoms with Crippen LogP contribution in [0, 0.1) is 6.92 Å². The van der Waals surface area contributed by atoms with Gasteiger partial charge in [0.15, 0.2) is 5.69 Å². The molecule has 4 rings (SSSR count). The molecule has 3 heterocycles. The van der Waals surface area contributed by atoms with Crippen LogP contribution in [0.25, 0.3) is 5.69 Å². The smallest absolute Gasteiger partial charge is 0.273 e. The van der Waals surface area contributed by atoms with E-state index in [2.05, 4.69) is 25.5 Å². The van der Waals surface area contributed by atoms with Crippen LogP contribution in [0.15, 0.2) is 48.8 Å². The molecule has 1 fully saturated rings. The number of anilines is 1. The topological polar surface area (TPSA) is 85.2 Å². The van der Waals surface area contributed by atoms with Crippen LogP contribution in [0.3, 0.4) is 0 Å². The molecular formula is C20H22N6O2. The first-order valence-corrected chi connectivity index (χ1v) is 9.25. The van der Waals surface area contributed by atoms with Crippen molar-refractivity contribution in [3.63, 3.8) is 0 Å². The van der Waals surface area contributed by atoms with Gasteiger partial charge in [0.2, 0.25) is 0 Å². The van der Waals surface area contributed by atoms with E-state index in [1.54, 1.807) is 17.1 Å². The van der Waals surface area contributed by atoms with Gasteiger partial charge < -0.3 is 15.0 Å². The molecular weight excluding hydrogens is 356 g/mol. The van der Waals surface area contributed by atoms with Crippen LogP contribution in [0.1, 0.15) is 21.6 Å². The minimum atomic E-state index is -0.268. The highest BCUT2D eigenvalue weighted by molar-refractivity contribution is 5.91. The fourth-order valence-corrected chi connectivity index (χ4v) is 3.09. The fraction of sp³-hybridized carbons (Fsp3) is 0.300. The zero-order valence-corrected chi connectivity index (χ0v) is 15.7. The second-order valence-electron chi connectivity index (χ2n) is 6.65. The molecule has 1 aromatic carbocycles. The summed E-state index contributed by atoms with van der Waals surface area (Å²) in [6, 6.07) is 11.7. The van der Waals surface area contributed by atoms with Crippen molar-refractivity contribution in [1.82, 2.24) is 25.3 Å². The number of carbonyl (C=O) groups excluding carboxylic acids is 1. The van der Waals surface area contributed by atoms with Crippen LogP contribution in [0.5, 0.6) is 0 Å². The van der Waals surface area contributed by atoms with Crippen LogP contribution in [0.2, 0.25) is 0 Å². The van der Waals surface area contributed by atoms with Crippen molar-refractivity contribution in [3.8, 4) is 5.69 Å². The van der Waals surface area contributed by atoms with Gasteiger partial charge in [-0.2, -0.15) is 0 Å². The van der Waals surface area contributed by atoms with Crippen molar-refractivity contribution in [2.24, 2.45) is 0 Å². The standard InChI is InChI=1S/C20H22N6O2/c1-15-4-6-17(7-5-15)26-14-18(23-24-26)20(27)22-13-16-3-2-8-21-19(16)25-9-11-28-12-10-25/h2-8,14H,9-13H2,1H3,(H,22,27). The van der Waals surface area contributed by atoms with E-state index >= 15 is 0 Å². The predicted octanol–water partition coefficient (Wildman–Crippen LogP) is 1.74. The summed E-state index contributed by atoms with van der Waals surface area (Å²) in [5, 5.41) is 11.0. The van der Waals surface area contributed by atoms with Crippen LogP contribution >= 0.6 is 0 Å². The number of amides is 1. The summed E-state index contributed by atoms with van der Waals surface area (Å²) in [7, 11) is 0. The Morgan fingerprint density at radius 1 is 1.18 bits per heavy atom. The number of morpholine rings is 1. The Hall–Kier alpha value is -3.26. The maximum absolute atomic E-state index is 12.5. The van der Waals surface area contributed by atoms with Gasteiger partial charge in [0, 0.05) is 31.4 Å². The summed E-state index contributed by atoms with van der Waals surface area (Å²) in [6.07, 6.45) is 3.40. The average Bonchev–Trinajstić information content (AvgIpc) is 3.24. The number of hydrogen-bond acceptors (Lipinski definition) is 6. The maximum atomic E-state index is 12.5. The lowest BCUT2D eigenvalue weighted by Gasteiger charge is -2.29. The van der Waals surface area contributed by atoms with Gasteiger partial charge >= 0.3 is 0 Å². The van der Waals surface area contributed by atoms with Crippen molar-refractivity contribution in [2.75, 3.05) is 31.2 Å². The molecule has 0 saturated carbocycles. The van der Waals surface area contributed by atoms with Crippen molar-refractivity contribution in [2.45, 2.75) is 13.5 Å². The Labute approximate surface area is 163 Å². The van der Waals surface area contributed by atoms with E-state index in [1.165, 1.54) is 0 Å². The molecule has 1 saturated heterocycles. The van der Waals surface area contributed by atoms with Crippen LogP contribution in [-0.4, -0.2) is 52.2 Å². The molecule has 8 nitrogen and oxygen atoms in total. The summed E-state index contributed by atoms with van der Waals surface area (Å²) in [4.78, 5) is 19.2. The number of pyridine rings is 1. The van der Waals surface area contributed by atoms with Crippen molar-refractivity contribution in [1.29, 1.82) is 0 Å². The third kappa shape index (κ3) is 4.01. The minimum absolute atomic E-state index is 0.268. The molecule has 0 bridgehead atoms. The molecule has 0 radical (unpaired) electrons. The SMILES string of the molecule is Cc1ccc(-n2cc(C(=O)NCc3cccnc3N3CCOCC3)nn2)cc1. The number of rotatable bonds is 5. The molecule has 1 N–H and O–H groups in total. The molecule has 8 heteroatoms. The van der Waals surface area contributed by atoms with E-state index in [-0.39, 0.29) is 11.6 Å². The fourth-order valence-electron chi connectivity index (χ4n) is 3.09. The molecule has 0 spiro atoms. The Kier molecular flexibility index (Phi) is 5.29. The quantitative estimate of drug-likeness (QED) is 0.728. The molecule has 1 amide bonds. The highest BCUT2D eigenvalue weighted by atomic mass is 16.5. The third-order valence-corrected chi connectivity index (χ3v) is 4.64. The second-order valence-corrected chi connectivity index (χ2v) is 6.65. The zero-order valence-electron chi connectivity index (χ0n) is 15.7. The summed E-state index contributed by atoms with van der Waals surface area (Å²) >= 11 is 0. The van der Waals surface area contributed by atoms with Gasteiger partial charge in [0.25, 0.3) is 5.91 Å². The van der Waals surface area contributed by atoms with Gasteiger partial charge in [-0.15, -0.1) is 5.10 Å². The molecule has 1 aliphatic heterocycles. The number of nitrogens with zero attached hydrogens (tertiary/aromatic N) is 5. The Morgan fingerprint density at radius 3 is 2.75 bits per heavy atom. The Balaban J connectivity index is 1.43. The molecule has 2 aromatic heterocycles. The lowest BCUT2D eigenvalue weighted by molar-refractivity contribution is 0.0945. The normalized spacial score (nSPS) is 14.1. The van der Waals surface area contributed by atoms with Crippen molar-refractivity contribution in [3.05, 3.63) is 65.6 Å². The van der Waals surface area contributed by atoms with Gasteiger partial charge in [-0.3, -0.25) is 4.79 Å². The lowest BCUT2D eigenvalue weighted by atomic mass is 10.2. The van der Waals surface area contributed by atoms with E-state index in [9.17, 15) is 4.79 Å². The number of aromatic nitrogens is 4. The molecule has 0 unspecified atom stereocenters. The molecule has 0 atom stereocenters. The van der Waals surface area contributed by atoms with Gasteiger partial charge in [0.1, 0.15) is 5.82 Å². The van der Waals surface area contributed by atoms with E-state index < -0.39 is 0 Å². The number of benzene rings is 1. The van der Waals surface area contributed by atoms with Crippen LogP contribution < -0.4 is 10.2 Å². The Bertz CT molecular complexity index is 947. The first-order chi connectivity index (χ1) is 13.7. The van der Waals surface area contributed by atoms with Gasteiger partial charge in [-0.1, -0.05) is 29.0 Å². The molecule has 144 valence electrons. The van der Waals surface area contributed by atoms with Crippen LogP contribution in [0.4, 0.5) is 5.82 Å². The average molecular weight is 378 g/mol. The molecule has 28 heavy (non-hydrogen) atoms. The first kappa shape index (κ1) is 18.1. The minimum Gasteiger partial charge on any atom is -0.378 e. The van der Waals surface area contributed by atoms with E-state index in [4.69, 9.17) is 4.74 Å². The van der Waals surface area contributed by atoms with Crippen molar-refractivity contribution >= 4 is 11.7 Å². The highest BCUT2D eigenvalue weighted by Crippen LogP contribution is 2.18. The van der Waals surface area contributed by atoms with Crippen LogP contribution in [-0.2, 0) is 11.3 Å². The maximum Gasteiger partial charge on any atom is 0.273 e. The highest BCUT2D eigenvalue weighted by Gasteiger charge is 2.17. The number of hydrogen-bond donors (Lipinski definition) is 1. The van der Waals surface area contributed by atoms with E-state index in [0.29, 0.717) is 19.8 Å². The predicted molar refractivity (Wildman–Crippen MR) is 105 cm³/mol. The van der Waals surface area contributed by atoms with E-state index in [1.807, 2.05) is 43.3 Å². The summed E-state index contributed by atoms with van der Waals surface area (Å²) in [5.74, 6) is 0.615. The molecule has 1 aliphatic rings. The monoisotopic (exact) mass is 378 g/mol. The number of carbonyl (C=O) groups is 1. The summed E-state index contributed by atoms with van der Waals surface area (Å²) in [6.45, 7) is 5.35. The zero-order chi connectivity index (χ0) is 19.3. The molecule has 0 aliphatic carbocycles. The van der Waals surface area contributed by atoms with Gasteiger partial charge in [-0.05, 0) is 25.1 Å². The number of nitrogens with one attached hydrogen (secondary N) is 1. The first-order valence-electron chi connectivity index (χ1n) is 9.25. The molecule has 3 aromatic rings. The summed E-state index contributed by atoms with van der Waals surface area (Å²) < 4.78 is 7.00. The van der Waals surface area contributed by atoms with Gasteiger partial charge in [0.05, 0.1) is 25.1 Å². The summed E-state index contributed by atoms with van der Waals surface area (Å²) in [5.41, 5.74) is 3.26. The number of aryl methyl sites for hydroxylation is 1. The lowest BCUT2D eigenvalue weighted by Crippen LogP contribution is -2.37. The third-order valence-electron chi connectivity index (χ3n) is 4.64. The number of ether oxygens (including phenoxy) is 1. The second kappa shape index (κ2) is 8.18. The van der Waals surface area contributed by atoms with Gasteiger partial charge in [-0.25, -0.2) is 9.67 Å². The van der Waals surface area contributed by atoms with E-state index in [0.717, 1.165) is 35.7 Å².